The number of hydrogen-bond donors (Lipinski definition) is 2. The van der Waals surface area contributed by atoms with Crippen molar-refractivity contribution in [3.05, 3.63) is 143 Å². The summed E-state index contributed by atoms with van der Waals surface area (Å²) in [7, 11) is -2.94. The summed E-state index contributed by atoms with van der Waals surface area (Å²) in [4.78, 5) is 38.3. The highest BCUT2D eigenvalue weighted by Crippen LogP contribution is 2.35. The molecule has 0 aromatic heterocycles. The van der Waals surface area contributed by atoms with Crippen LogP contribution in [0.3, 0.4) is 0 Å². The summed E-state index contributed by atoms with van der Waals surface area (Å²) in [5, 5.41) is 24.5. The third kappa shape index (κ3) is 9.94. The van der Waals surface area contributed by atoms with Gasteiger partial charge in [0.05, 0.1) is 29.6 Å². The fourth-order valence-corrected chi connectivity index (χ4v) is 8.62. The SMILES string of the molecule is C=C(C(=O)[C@@H](NC(=O)OC)C(c1ccccc1)c1ccccc1)c1ccccc1SC[C@@H](CO)N(CCC(C)C)S(=O)(=O)c1ccc([N+](=O)[O-])cc1. The van der Waals surface area contributed by atoms with Crippen LogP contribution in [0, 0.1) is 16.0 Å². The smallest absolute Gasteiger partial charge is 0.407 e. The zero-order chi connectivity index (χ0) is 37.8. The van der Waals surface area contributed by atoms with Gasteiger partial charge in [0.15, 0.2) is 5.78 Å². The van der Waals surface area contributed by atoms with E-state index >= 15 is 0 Å². The zero-order valence-electron chi connectivity index (χ0n) is 29.3. The van der Waals surface area contributed by atoms with Gasteiger partial charge in [-0.25, -0.2) is 13.2 Å². The van der Waals surface area contributed by atoms with Gasteiger partial charge in [-0.1, -0.05) is 99.3 Å². The fraction of sp³-hybridized carbons (Fsp3) is 0.282. The molecule has 11 nitrogen and oxygen atoms in total. The largest absolute Gasteiger partial charge is 0.453 e. The Morgan fingerprint density at radius 1 is 0.923 bits per heavy atom. The Bertz CT molecular complexity index is 1900. The standard InChI is InChI=1S/C39H43N3O8S2/c1-27(2)23-24-41(52(48,49)33-21-19-31(20-22-33)42(46)47)32(25-43)26-51-35-18-12-11-17-34(35)28(3)38(44)37(40-39(45)50-4)36(29-13-7-5-8-14-29)30-15-9-6-10-16-30/h5-22,27,32,36-37,43H,3,23-26H2,1-2,4H3,(H,40,45)/t32-,37+/m1/s1. The Hall–Kier alpha value is -4.82. The topological polar surface area (TPSA) is 156 Å². The first-order valence-corrected chi connectivity index (χ1v) is 19.1. The first kappa shape index (κ1) is 40.0. The van der Waals surface area contributed by atoms with E-state index in [0.717, 1.165) is 23.3 Å². The number of hydrogen-bond acceptors (Lipinski definition) is 9. The summed E-state index contributed by atoms with van der Waals surface area (Å²) in [6, 6.07) is 28.4. The molecule has 0 heterocycles. The lowest BCUT2D eigenvalue weighted by Crippen LogP contribution is -2.45. The highest BCUT2D eigenvalue weighted by Gasteiger charge is 2.35. The lowest BCUT2D eigenvalue weighted by atomic mass is 9.81. The quantitative estimate of drug-likeness (QED) is 0.0478. The van der Waals surface area contributed by atoms with Gasteiger partial charge >= 0.3 is 6.09 Å². The number of carbonyl (C=O) groups is 2. The van der Waals surface area contributed by atoms with Gasteiger partial charge in [-0.05, 0) is 47.2 Å². The van der Waals surface area contributed by atoms with Crippen LogP contribution in [0.15, 0.2) is 126 Å². The number of Topliss-reactive ketones (excluding diaryl/α,β-unsaturated/α-hetero) is 1. The minimum Gasteiger partial charge on any atom is -0.453 e. The number of amides is 1. The average Bonchev–Trinajstić information content (AvgIpc) is 3.16. The molecule has 52 heavy (non-hydrogen) atoms. The molecule has 2 N–H and O–H groups in total. The molecule has 4 aromatic rings. The lowest BCUT2D eigenvalue weighted by molar-refractivity contribution is -0.384. The molecule has 0 spiro atoms. The van der Waals surface area contributed by atoms with E-state index in [1.807, 2.05) is 74.5 Å². The van der Waals surface area contributed by atoms with E-state index in [2.05, 4.69) is 11.9 Å². The predicted molar refractivity (Wildman–Crippen MR) is 203 cm³/mol. The number of aliphatic hydroxyl groups is 1. The highest BCUT2D eigenvalue weighted by molar-refractivity contribution is 7.99. The molecule has 4 rings (SSSR count). The normalized spacial score (nSPS) is 12.8. The van der Waals surface area contributed by atoms with E-state index in [9.17, 15) is 33.2 Å². The zero-order valence-corrected chi connectivity index (χ0v) is 30.9. The molecule has 0 saturated carbocycles. The van der Waals surface area contributed by atoms with Crippen LogP contribution in [0.5, 0.6) is 0 Å². The van der Waals surface area contributed by atoms with Crippen molar-refractivity contribution < 1.29 is 32.8 Å². The fourth-order valence-electron chi connectivity index (χ4n) is 5.72. The first-order chi connectivity index (χ1) is 24.9. The van der Waals surface area contributed by atoms with E-state index in [4.69, 9.17) is 4.74 Å². The van der Waals surface area contributed by atoms with Crippen molar-refractivity contribution in [1.82, 2.24) is 9.62 Å². The van der Waals surface area contributed by atoms with Gasteiger partial charge in [0, 0.05) is 40.8 Å². The van der Waals surface area contributed by atoms with Crippen molar-refractivity contribution in [3.8, 4) is 0 Å². The van der Waals surface area contributed by atoms with Crippen LogP contribution in [0.25, 0.3) is 5.57 Å². The van der Waals surface area contributed by atoms with E-state index in [-0.39, 0.29) is 34.4 Å². The number of thioether (sulfide) groups is 1. The van der Waals surface area contributed by atoms with E-state index < -0.39 is 51.4 Å². The molecule has 274 valence electrons. The molecule has 2 atom stereocenters. The second-order valence-corrected chi connectivity index (χ2v) is 15.4. The monoisotopic (exact) mass is 745 g/mol. The van der Waals surface area contributed by atoms with Gasteiger partial charge in [0.1, 0.15) is 6.04 Å². The number of methoxy groups -OCH3 is 1. The number of sulfonamides is 1. The molecule has 0 unspecified atom stereocenters. The minimum absolute atomic E-state index is 0.108. The lowest BCUT2D eigenvalue weighted by Gasteiger charge is -2.30. The molecule has 4 aromatic carbocycles. The Balaban J connectivity index is 1.67. The summed E-state index contributed by atoms with van der Waals surface area (Å²) >= 11 is 1.26. The molecule has 0 radical (unpaired) electrons. The maximum absolute atomic E-state index is 14.5. The molecule has 1 amide bonds. The van der Waals surface area contributed by atoms with Crippen molar-refractivity contribution in [2.24, 2.45) is 5.92 Å². The summed E-state index contributed by atoms with van der Waals surface area (Å²) in [5.74, 6) is -0.781. The van der Waals surface area contributed by atoms with Gasteiger partial charge in [-0.3, -0.25) is 14.9 Å². The van der Waals surface area contributed by atoms with Crippen molar-refractivity contribution >= 4 is 44.9 Å². The second-order valence-electron chi connectivity index (χ2n) is 12.4. The number of ether oxygens (including phenoxy) is 1. The number of nitro benzene ring substituents is 1. The molecule has 0 aliphatic heterocycles. The third-order valence-electron chi connectivity index (χ3n) is 8.53. The maximum Gasteiger partial charge on any atom is 0.407 e. The number of nitro groups is 1. The number of nitrogens with one attached hydrogen (secondary N) is 1. The van der Waals surface area contributed by atoms with Crippen molar-refractivity contribution in [1.29, 1.82) is 0 Å². The van der Waals surface area contributed by atoms with E-state index in [1.165, 1.54) is 35.3 Å². The van der Waals surface area contributed by atoms with Crippen molar-refractivity contribution in [2.45, 2.75) is 48.1 Å². The summed E-state index contributed by atoms with van der Waals surface area (Å²) in [6.07, 6.45) is -0.277. The van der Waals surface area contributed by atoms with Crippen LogP contribution >= 0.6 is 11.8 Å². The van der Waals surface area contributed by atoms with Crippen molar-refractivity contribution in [3.63, 3.8) is 0 Å². The number of ketones is 1. The predicted octanol–water partition coefficient (Wildman–Crippen LogP) is 6.92. The Morgan fingerprint density at radius 3 is 2.00 bits per heavy atom. The van der Waals surface area contributed by atoms with Gasteiger partial charge in [-0.2, -0.15) is 4.31 Å². The molecule has 0 aliphatic carbocycles. The molecular weight excluding hydrogens is 703 g/mol. The third-order valence-corrected chi connectivity index (χ3v) is 11.7. The van der Waals surface area contributed by atoms with Crippen LogP contribution < -0.4 is 5.32 Å². The molecule has 13 heteroatoms. The number of benzene rings is 4. The molecule has 0 fully saturated rings. The van der Waals surface area contributed by atoms with Gasteiger partial charge in [0.25, 0.3) is 5.69 Å². The van der Waals surface area contributed by atoms with Gasteiger partial charge < -0.3 is 15.2 Å². The number of rotatable bonds is 18. The van der Waals surface area contributed by atoms with E-state index in [1.54, 1.807) is 24.3 Å². The highest BCUT2D eigenvalue weighted by atomic mass is 32.2. The molecular formula is C39H43N3O8S2. The number of nitrogens with zero attached hydrogens (tertiary/aromatic N) is 2. The Labute approximate surface area is 308 Å². The van der Waals surface area contributed by atoms with Crippen LogP contribution in [0.4, 0.5) is 10.5 Å². The van der Waals surface area contributed by atoms with Crippen LogP contribution in [0.1, 0.15) is 42.9 Å². The Kier molecular flexibility index (Phi) is 14.3. The average molecular weight is 746 g/mol. The number of aliphatic hydroxyl groups excluding tert-OH is 1. The van der Waals surface area contributed by atoms with Crippen LogP contribution in [-0.4, -0.2) is 72.7 Å². The number of alkyl carbamates (subject to hydrolysis) is 1. The summed E-state index contributed by atoms with van der Waals surface area (Å²) in [5.41, 5.74) is 1.95. The molecule has 0 saturated heterocycles. The van der Waals surface area contributed by atoms with Crippen LogP contribution in [-0.2, 0) is 19.6 Å². The van der Waals surface area contributed by atoms with Crippen molar-refractivity contribution in [2.75, 3.05) is 26.0 Å². The molecule has 0 bridgehead atoms. The number of carbonyl (C=O) groups excluding carboxylic acids is 2. The van der Waals surface area contributed by atoms with E-state index in [0.29, 0.717) is 16.9 Å². The maximum atomic E-state index is 14.5. The molecule has 0 aliphatic rings. The Morgan fingerprint density at radius 2 is 1.48 bits per heavy atom. The van der Waals surface area contributed by atoms with Gasteiger partial charge in [0.2, 0.25) is 10.0 Å². The van der Waals surface area contributed by atoms with Gasteiger partial charge in [-0.15, -0.1) is 11.8 Å². The summed E-state index contributed by atoms with van der Waals surface area (Å²) in [6.45, 7) is 7.71. The second kappa shape index (κ2) is 18.6. The minimum atomic E-state index is -4.17. The first-order valence-electron chi connectivity index (χ1n) is 16.7. The summed E-state index contributed by atoms with van der Waals surface area (Å²) < 4.78 is 34.0. The number of non-ortho nitro benzene ring substituents is 1. The van der Waals surface area contributed by atoms with Crippen LogP contribution in [0.2, 0.25) is 0 Å².